The van der Waals surface area contributed by atoms with Gasteiger partial charge in [0.1, 0.15) is 11.4 Å². The fraction of sp³-hybridized carbons (Fsp3) is 0.257. The van der Waals surface area contributed by atoms with Gasteiger partial charge < -0.3 is 35.3 Å². The second-order valence-electron chi connectivity index (χ2n) is 12.1. The monoisotopic (exact) mass is 683 g/mol. The van der Waals surface area contributed by atoms with Crippen LogP contribution in [-0.2, 0) is 14.1 Å². The van der Waals surface area contributed by atoms with E-state index in [4.69, 9.17) is 0 Å². The number of pyridine rings is 1. The van der Waals surface area contributed by atoms with E-state index in [1.807, 2.05) is 29.2 Å². The van der Waals surface area contributed by atoms with E-state index >= 15 is 0 Å². The lowest BCUT2D eigenvalue weighted by atomic mass is 10.1. The zero-order chi connectivity index (χ0) is 35.4. The highest BCUT2D eigenvalue weighted by Gasteiger charge is 2.33. The molecule has 0 atom stereocenters. The molecule has 0 bridgehead atoms. The van der Waals surface area contributed by atoms with Crippen LogP contribution in [0.4, 0.5) is 26.0 Å². The first-order chi connectivity index (χ1) is 23.9. The molecule has 3 aromatic heterocycles. The maximum Gasteiger partial charge on any atom is 0.287 e. The van der Waals surface area contributed by atoms with Crippen molar-refractivity contribution in [2.45, 2.75) is 18.8 Å². The van der Waals surface area contributed by atoms with Crippen LogP contribution in [0, 0.1) is 0 Å². The van der Waals surface area contributed by atoms with Gasteiger partial charge in [-0.1, -0.05) is 24.3 Å². The number of imidazole rings is 1. The van der Waals surface area contributed by atoms with Crippen molar-refractivity contribution in [3.8, 4) is 0 Å². The van der Waals surface area contributed by atoms with Crippen molar-refractivity contribution < 1.29 is 28.0 Å². The summed E-state index contributed by atoms with van der Waals surface area (Å²) in [7, 11) is 3.30. The van der Waals surface area contributed by atoms with E-state index in [1.54, 1.807) is 55.3 Å². The molecule has 1 fully saturated rings. The third-order valence-electron chi connectivity index (χ3n) is 8.39. The number of nitrogens with zero attached hydrogens (tertiary/aromatic N) is 5. The first kappa shape index (κ1) is 33.9. The lowest BCUT2D eigenvalue weighted by Crippen LogP contribution is -2.43. The number of aryl methyl sites for hydroxylation is 2. The van der Waals surface area contributed by atoms with Gasteiger partial charge in [0.05, 0.1) is 5.69 Å². The number of amides is 4. The highest BCUT2D eigenvalue weighted by molar-refractivity contribution is 6.08. The number of nitrogens with one attached hydrogen (secondary N) is 4. The quantitative estimate of drug-likeness (QED) is 0.169. The summed E-state index contributed by atoms with van der Waals surface area (Å²) in [5.74, 6) is -4.14. The fourth-order valence-corrected chi connectivity index (χ4v) is 5.60. The molecule has 15 heteroatoms. The number of halogens is 2. The van der Waals surface area contributed by atoms with Gasteiger partial charge in [-0.25, -0.2) is 13.8 Å². The van der Waals surface area contributed by atoms with Crippen molar-refractivity contribution in [1.29, 1.82) is 0 Å². The Labute approximate surface area is 285 Å². The molecule has 1 aliphatic rings. The summed E-state index contributed by atoms with van der Waals surface area (Å²) in [5, 5.41) is 12.8. The van der Waals surface area contributed by atoms with Crippen molar-refractivity contribution in [2.24, 2.45) is 14.1 Å². The predicted molar refractivity (Wildman–Crippen MR) is 184 cm³/mol. The zero-order valence-electron chi connectivity index (χ0n) is 27.4. The Morgan fingerprint density at radius 3 is 2.22 bits per heavy atom. The summed E-state index contributed by atoms with van der Waals surface area (Å²) in [5.41, 5.74) is 1.69. The van der Waals surface area contributed by atoms with E-state index in [9.17, 15) is 28.0 Å². The first-order valence-corrected chi connectivity index (χ1v) is 15.9. The number of rotatable bonds is 10. The molecule has 0 radical (unpaired) electrons. The number of hydrogen-bond donors (Lipinski definition) is 4. The molecule has 4 amide bonds. The normalized spacial score (nSPS) is 14.2. The molecule has 0 aliphatic carbocycles. The average molecular weight is 684 g/mol. The summed E-state index contributed by atoms with van der Waals surface area (Å²) >= 11 is 0. The van der Waals surface area contributed by atoms with Crippen LogP contribution in [-0.4, -0.2) is 79.7 Å². The minimum absolute atomic E-state index is 0.0808. The third kappa shape index (κ3) is 8.01. The van der Waals surface area contributed by atoms with E-state index in [0.717, 1.165) is 10.8 Å². The van der Waals surface area contributed by atoms with Crippen LogP contribution >= 0.6 is 0 Å². The Hall–Kier alpha value is -5.96. The van der Waals surface area contributed by atoms with E-state index in [-0.39, 0.29) is 55.4 Å². The summed E-state index contributed by atoms with van der Waals surface area (Å²) < 4.78 is 29.8. The molecule has 50 heavy (non-hydrogen) atoms. The van der Waals surface area contributed by atoms with Crippen molar-refractivity contribution in [1.82, 2.24) is 29.3 Å². The molecule has 0 unspecified atom stereocenters. The molecular weight excluding hydrogens is 648 g/mol. The molecule has 4 heterocycles. The minimum Gasteiger partial charge on any atom is -0.348 e. The smallest absolute Gasteiger partial charge is 0.287 e. The number of likely N-dealkylation sites (tertiary alicyclic amines) is 1. The maximum atomic E-state index is 13.4. The van der Waals surface area contributed by atoms with Crippen LogP contribution in [0.5, 0.6) is 0 Å². The number of benzene rings is 2. The van der Waals surface area contributed by atoms with Crippen molar-refractivity contribution in [3.05, 3.63) is 102 Å². The lowest BCUT2D eigenvalue weighted by Gasteiger charge is -2.31. The number of carbonyl (C=O) groups excluding carboxylic acids is 4. The van der Waals surface area contributed by atoms with Gasteiger partial charge in [0.15, 0.2) is 5.82 Å². The Morgan fingerprint density at radius 2 is 1.48 bits per heavy atom. The molecule has 1 aliphatic heterocycles. The van der Waals surface area contributed by atoms with Crippen molar-refractivity contribution >= 4 is 51.6 Å². The summed E-state index contributed by atoms with van der Waals surface area (Å²) in [6, 6.07) is 17.1. The van der Waals surface area contributed by atoms with Gasteiger partial charge in [0.25, 0.3) is 29.6 Å². The van der Waals surface area contributed by atoms with E-state index < -0.39 is 29.6 Å². The summed E-state index contributed by atoms with van der Waals surface area (Å²) in [6.07, 6.45) is 4.38. The molecule has 258 valence electrons. The molecule has 1 saturated heterocycles. The van der Waals surface area contributed by atoms with Crippen LogP contribution in [0.25, 0.3) is 10.8 Å². The second-order valence-corrected chi connectivity index (χ2v) is 12.1. The van der Waals surface area contributed by atoms with Crippen LogP contribution in [0.2, 0.25) is 0 Å². The van der Waals surface area contributed by atoms with Gasteiger partial charge in [-0.3, -0.25) is 24.2 Å². The number of aromatic nitrogens is 4. The Morgan fingerprint density at radius 1 is 0.780 bits per heavy atom. The van der Waals surface area contributed by atoms with E-state index in [0.29, 0.717) is 23.6 Å². The Balaban J connectivity index is 0.997. The standard InChI is InChI=1S/C35H35F2N9O4/c1-44-20-26(41-32(48)27-17-23-5-3-4-6-24(23)19-39-27)18-28(44)33(49)40-25-9-7-22(8-10-25)31(47)43-29-21-45(2)30(42-29)34(50)38-13-16-46-14-11-35(36,37)12-15-46/h3-10,17-21H,11-16H2,1-2H3,(H,38,50)(H,40,49)(H,41,48)(H,43,47). The van der Waals surface area contributed by atoms with Crippen LogP contribution in [0.1, 0.15) is 54.8 Å². The minimum atomic E-state index is -2.63. The third-order valence-corrected chi connectivity index (χ3v) is 8.39. The van der Waals surface area contributed by atoms with Gasteiger partial charge in [0.2, 0.25) is 5.82 Å². The summed E-state index contributed by atoms with van der Waals surface area (Å²) in [6.45, 7) is 1.26. The number of piperidine rings is 1. The van der Waals surface area contributed by atoms with Crippen LogP contribution in [0.3, 0.4) is 0 Å². The predicted octanol–water partition coefficient (Wildman–Crippen LogP) is 4.52. The number of carbonyl (C=O) groups is 4. The fourth-order valence-electron chi connectivity index (χ4n) is 5.60. The van der Waals surface area contributed by atoms with Gasteiger partial charge in [-0.05, 0) is 41.8 Å². The molecule has 13 nitrogen and oxygen atoms in total. The van der Waals surface area contributed by atoms with E-state index in [1.165, 1.54) is 22.9 Å². The Kier molecular flexibility index (Phi) is 9.67. The molecule has 0 spiro atoms. The van der Waals surface area contributed by atoms with Crippen molar-refractivity contribution in [2.75, 3.05) is 42.1 Å². The molecule has 5 aromatic rings. The first-order valence-electron chi connectivity index (χ1n) is 15.9. The number of hydrogen-bond acceptors (Lipinski definition) is 7. The summed E-state index contributed by atoms with van der Waals surface area (Å²) in [4.78, 5) is 61.8. The van der Waals surface area contributed by atoms with Gasteiger partial charge in [0, 0.05) is 88.3 Å². The number of fused-ring (bicyclic) bond motifs is 1. The molecule has 0 saturated carbocycles. The van der Waals surface area contributed by atoms with Crippen molar-refractivity contribution in [3.63, 3.8) is 0 Å². The number of alkyl halides is 2. The molecule has 2 aromatic carbocycles. The molecular formula is C35H35F2N9O4. The zero-order valence-corrected chi connectivity index (χ0v) is 27.4. The van der Waals surface area contributed by atoms with Gasteiger partial charge in [-0.15, -0.1) is 0 Å². The topological polar surface area (TPSA) is 155 Å². The highest BCUT2D eigenvalue weighted by atomic mass is 19.3. The number of anilines is 3. The maximum absolute atomic E-state index is 13.4. The second kappa shape index (κ2) is 14.3. The largest absolute Gasteiger partial charge is 0.348 e. The molecule has 4 N–H and O–H groups in total. The van der Waals surface area contributed by atoms with E-state index in [2.05, 4.69) is 31.2 Å². The Bertz CT molecular complexity index is 2060. The average Bonchev–Trinajstić information content (AvgIpc) is 3.66. The van der Waals surface area contributed by atoms with Crippen LogP contribution < -0.4 is 21.3 Å². The SMILES string of the molecule is Cn1cc(NC(=O)c2cc3ccccc3cn2)cc1C(=O)Nc1ccc(C(=O)Nc2cn(C)c(C(=O)NCCN3CCC(F)(F)CC3)n2)cc1. The van der Waals surface area contributed by atoms with Gasteiger partial charge >= 0.3 is 0 Å². The molecule has 6 rings (SSSR count). The highest BCUT2D eigenvalue weighted by Crippen LogP contribution is 2.27. The van der Waals surface area contributed by atoms with Crippen LogP contribution in [0.15, 0.2) is 79.3 Å². The lowest BCUT2D eigenvalue weighted by molar-refractivity contribution is -0.0547. The van der Waals surface area contributed by atoms with Gasteiger partial charge in [-0.2, -0.15) is 0 Å².